The van der Waals surface area contributed by atoms with Crippen molar-refractivity contribution in [2.75, 3.05) is 10.0 Å². The van der Waals surface area contributed by atoms with Gasteiger partial charge in [0.15, 0.2) is 0 Å². The first-order valence-electron chi connectivity index (χ1n) is 7.92. The second kappa shape index (κ2) is 7.29. The molecule has 2 aromatic carbocycles. The average Bonchev–Trinajstić information content (AvgIpc) is 3.03. The summed E-state index contributed by atoms with van der Waals surface area (Å²) in [5.74, 6) is 0. The number of thiophene rings is 1. The van der Waals surface area contributed by atoms with Gasteiger partial charge in [0, 0.05) is 22.8 Å². The van der Waals surface area contributed by atoms with Gasteiger partial charge >= 0.3 is 0 Å². The van der Waals surface area contributed by atoms with Crippen LogP contribution >= 0.6 is 11.3 Å². The molecule has 1 heterocycles. The predicted octanol–water partition coefficient (Wildman–Crippen LogP) is 4.78. The zero-order valence-electron chi connectivity index (χ0n) is 14.1. The topological polar surface area (TPSA) is 58.2 Å². The molecule has 2 N–H and O–H groups in total. The highest BCUT2D eigenvalue weighted by Crippen LogP contribution is 2.24. The molecule has 0 aliphatic carbocycles. The lowest BCUT2D eigenvalue weighted by atomic mass is 10.1. The minimum absolute atomic E-state index is 0.326. The van der Waals surface area contributed by atoms with Gasteiger partial charge < -0.3 is 5.32 Å². The standard InChI is InChI=1S/C19H20N2O2S2/c1-14-5-3-4-6-16(14)13-20-17-8-10-18(11-9-17)21-25(22,23)19-12-7-15(2)24-19/h3-12,20-21H,13H2,1-2H3. The largest absolute Gasteiger partial charge is 0.381 e. The SMILES string of the molecule is Cc1ccc(S(=O)(=O)Nc2ccc(NCc3ccccc3C)cc2)s1. The van der Waals surface area contributed by atoms with Gasteiger partial charge in [-0.25, -0.2) is 8.42 Å². The summed E-state index contributed by atoms with van der Waals surface area (Å²) >= 11 is 1.26. The summed E-state index contributed by atoms with van der Waals surface area (Å²) in [4.78, 5) is 0.969. The van der Waals surface area contributed by atoms with E-state index in [2.05, 4.69) is 29.1 Å². The smallest absolute Gasteiger partial charge is 0.271 e. The van der Waals surface area contributed by atoms with Gasteiger partial charge in [-0.1, -0.05) is 24.3 Å². The molecular formula is C19H20N2O2S2. The third-order valence-corrected chi connectivity index (χ3v) is 6.74. The average molecular weight is 373 g/mol. The van der Waals surface area contributed by atoms with Gasteiger partial charge in [-0.05, 0) is 61.4 Å². The molecule has 130 valence electrons. The molecule has 0 spiro atoms. The van der Waals surface area contributed by atoms with Crippen LogP contribution in [-0.2, 0) is 16.6 Å². The third kappa shape index (κ3) is 4.41. The summed E-state index contributed by atoms with van der Waals surface area (Å²) in [6.45, 7) is 4.70. The van der Waals surface area contributed by atoms with Gasteiger partial charge in [-0.2, -0.15) is 0 Å². The summed E-state index contributed by atoms with van der Waals surface area (Å²) in [5, 5.41) is 3.35. The van der Waals surface area contributed by atoms with Crippen LogP contribution in [0.5, 0.6) is 0 Å². The number of hydrogen-bond acceptors (Lipinski definition) is 4. The first-order chi connectivity index (χ1) is 11.9. The Hall–Kier alpha value is -2.31. The number of hydrogen-bond donors (Lipinski definition) is 2. The van der Waals surface area contributed by atoms with Crippen LogP contribution in [0.2, 0.25) is 0 Å². The van der Waals surface area contributed by atoms with Crippen LogP contribution in [0.25, 0.3) is 0 Å². The van der Waals surface area contributed by atoms with Crippen molar-refractivity contribution < 1.29 is 8.42 Å². The molecule has 1 aromatic heterocycles. The molecule has 0 bridgehead atoms. The van der Waals surface area contributed by atoms with Crippen molar-refractivity contribution in [3.63, 3.8) is 0 Å². The van der Waals surface area contributed by atoms with E-state index in [9.17, 15) is 8.42 Å². The first-order valence-corrected chi connectivity index (χ1v) is 10.2. The molecule has 0 atom stereocenters. The Morgan fingerprint density at radius 1 is 0.880 bits per heavy atom. The van der Waals surface area contributed by atoms with E-state index in [0.717, 1.165) is 17.1 Å². The fourth-order valence-corrected chi connectivity index (χ4v) is 4.77. The summed E-state index contributed by atoms with van der Waals surface area (Å²) < 4.78 is 27.6. The van der Waals surface area contributed by atoms with E-state index in [4.69, 9.17) is 0 Å². The summed E-state index contributed by atoms with van der Waals surface area (Å²) in [5.41, 5.74) is 3.97. The summed E-state index contributed by atoms with van der Waals surface area (Å²) in [6.07, 6.45) is 0. The highest BCUT2D eigenvalue weighted by Gasteiger charge is 2.16. The van der Waals surface area contributed by atoms with Crippen LogP contribution in [0, 0.1) is 13.8 Å². The van der Waals surface area contributed by atoms with Gasteiger partial charge in [-0.15, -0.1) is 11.3 Å². The Bertz CT molecular complexity index is 961. The molecule has 0 fully saturated rings. The van der Waals surface area contributed by atoms with Gasteiger partial charge in [0.2, 0.25) is 0 Å². The van der Waals surface area contributed by atoms with Crippen molar-refractivity contribution >= 4 is 32.7 Å². The zero-order chi connectivity index (χ0) is 17.9. The monoisotopic (exact) mass is 372 g/mol. The maximum Gasteiger partial charge on any atom is 0.271 e. The molecule has 4 nitrogen and oxygen atoms in total. The lowest BCUT2D eigenvalue weighted by Crippen LogP contribution is -2.11. The second-order valence-corrected chi connectivity index (χ2v) is 9.03. The van der Waals surface area contributed by atoms with Gasteiger partial charge in [0.05, 0.1) is 0 Å². The van der Waals surface area contributed by atoms with E-state index in [0.29, 0.717) is 9.90 Å². The van der Waals surface area contributed by atoms with Crippen LogP contribution in [0.15, 0.2) is 64.9 Å². The Morgan fingerprint density at radius 3 is 2.20 bits per heavy atom. The van der Waals surface area contributed by atoms with Gasteiger partial charge in [0.1, 0.15) is 4.21 Å². The highest BCUT2D eigenvalue weighted by molar-refractivity contribution is 7.94. The molecule has 0 radical (unpaired) electrons. The summed E-state index contributed by atoms with van der Waals surface area (Å²) in [6, 6.07) is 18.9. The van der Waals surface area contributed by atoms with E-state index in [1.165, 1.54) is 22.5 Å². The van der Waals surface area contributed by atoms with Gasteiger partial charge in [-0.3, -0.25) is 4.72 Å². The van der Waals surface area contributed by atoms with Gasteiger partial charge in [0.25, 0.3) is 10.0 Å². The van der Waals surface area contributed by atoms with Crippen LogP contribution in [0.3, 0.4) is 0 Å². The van der Waals surface area contributed by atoms with Crippen LogP contribution in [-0.4, -0.2) is 8.42 Å². The van der Waals surface area contributed by atoms with E-state index in [1.54, 1.807) is 24.3 Å². The third-order valence-electron chi connectivity index (χ3n) is 3.86. The Labute approximate surface area is 152 Å². The number of benzene rings is 2. The number of nitrogens with one attached hydrogen (secondary N) is 2. The number of aryl methyl sites for hydroxylation is 2. The normalized spacial score (nSPS) is 11.3. The maximum atomic E-state index is 12.3. The fourth-order valence-electron chi connectivity index (χ4n) is 2.42. The molecule has 0 aliphatic heterocycles. The van der Waals surface area contributed by atoms with Crippen molar-refractivity contribution in [3.8, 4) is 0 Å². The quantitative estimate of drug-likeness (QED) is 0.655. The van der Waals surface area contributed by atoms with Crippen molar-refractivity contribution in [3.05, 3.63) is 76.7 Å². The molecule has 0 unspecified atom stereocenters. The Balaban J connectivity index is 1.65. The zero-order valence-corrected chi connectivity index (χ0v) is 15.7. The summed E-state index contributed by atoms with van der Waals surface area (Å²) in [7, 11) is -3.52. The van der Waals surface area contributed by atoms with E-state index >= 15 is 0 Å². The number of sulfonamides is 1. The minimum Gasteiger partial charge on any atom is -0.381 e. The molecule has 0 aliphatic rings. The van der Waals surface area contributed by atoms with Crippen LogP contribution in [0.1, 0.15) is 16.0 Å². The van der Waals surface area contributed by atoms with Crippen molar-refractivity contribution in [1.82, 2.24) is 0 Å². The molecule has 3 aromatic rings. The van der Waals surface area contributed by atoms with Crippen LogP contribution < -0.4 is 10.0 Å². The highest BCUT2D eigenvalue weighted by atomic mass is 32.2. The molecule has 0 saturated heterocycles. The van der Waals surface area contributed by atoms with Crippen molar-refractivity contribution in [2.45, 2.75) is 24.6 Å². The number of rotatable bonds is 6. The van der Waals surface area contributed by atoms with E-state index in [-0.39, 0.29) is 0 Å². The lowest BCUT2D eigenvalue weighted by molar-refractivity contribution is 0.603. The molecule has 25 heavy (non-hydrogen) atoms. The van der Waals surface area contributed by atoms with E-state index in [1.807, 2.05) is 31.2 Å². The minimum atomic E-state index is -3.52. The van der Waals surface area contributed by atoms with Crippen molar-refractivity contribution in [2.24, 2.45) is 0 Å². The van der Waals surface area contributed by atoms with Crippen molar-refractivity contribution in [1.29, 1.82) is 0 Å². The number of anilines is 2. The molecule has 0 amide bonds. The Morgan fingerprint density at radius 2 is 1.56 bits per heavy atom. The molecule has 3 rings (SSSR count). The van der Waals surface area contributed by atoms with Crippen LogP contribution in [0.4, 0.5) is 11.4 Å². The molecule has 0 saturated carbocycles. The maximum absolute atomic E-state index is 12.3. The predicted molar refractivity (Wildman–Crippen MR) is 105 cm³/mol. The fraction of sp³-hybridized carbons (Fsp3) is 0.158. The lowest BCUT2D eigenvalue weighted by Gasteiger charge is -2.10. The Kier molecular flexibility index (Phi) is 5.11. The van der Waals surface area contributed by atoms with E-state index < -0.39 is 10.0 Å². The molecular weight excluding hydrogens is 352 g/mol. The molecule has 6 heteroatoms. The second-order valence-electron chi connectivity index (χ2n) is 5.83. The first kappa shape index (κ1) is 17.5.